The van der Waals surface area contributed by atoms with E-state index in [0.29, 0.717) is 22.3 Å². The van der Waals surface area contributed by atoms with E-state index in [4.69, 9.17) is 33.7 Å². The molecule has 0 radical (unpaired) electrons. The molecule has 0 heterocycles. The Morgan fingerprint density at radius 1 is 1.31 bits per heavy atom. The van der Waals surface area contributed by atoms with Crippen LogP contribution in [0.3, 0.4) is 0 Å². The highest BCUT2D eigenvalue weighted by atomic mass is 35.5. The maximum Gasteiger partial charge on any atom is 0.138 e. The summed E-state index contributed by atoms with van der Waals surface area (Å²) in [6.45, 7) is 0.644. The smallest absolute Gasteiger partial charge is 0.138 e. The minimum Gasteiger partial charge on any atom is -0.486 e. The van der Waals surface area contributed by atoms with Gasteiger partial charge in [0.05, 0.1) is 5.02 Å². The lowest BCUT2D eigenvalue weighted by Gasteiger charge is -2.42. The van der Waals surface area contributed by atoms with E-state index < -0.39 is 0 Å². The van der Waals surface area contributed by atoms with E-state index in [2.05, 4.69) is 0 Å². The molecule has 16 heavy (non-hydrogen) atoms. The van der Waals surface area contributed by atoms with Crippen molar-refractivity contribution in [2.24, 2.45) is 5.73 Å². The van der Waals surface area contributed by atoms with Crippen LogP contribution in [0, 0.1) is 0 Å². The largest absolute Gasteiger partial charge is 0.486 e. The minimum atomic E-state index is -0.0911. The van der Waals surface area contributed by atoms with Gasteiger partial charge in [0.25, 0.3) is 0 Å². The SMILES string of the molecule is NCCC1(Oc2ccc(Cl)cc2Cl)CCC1. The molecular formula is C12H15Cl2NO. The molecule has 0 spiro atoms. The van der Waals surface area contributed by atoms with Gasteiger partial charge in [0, 0.05) is 5.02 Å². The molecule has 2 N–H and O–H groups in total. The highest BCUT2D eigenvalue weighted by Crippen LogP contribution is 2.41. The highest BCUT2D eigenvalue weighted by Gasteiger charge is 2.38. The van der Waals surface area contributed by atoms with Crippen molar-refractivity contribution in [3.8, 4) is 5.75 Å². The first-order valence-electron chi connectivity index (χ1n) is 5.49. The van der Waals surface area contributed by atoms with Crippen LogP contribution >= 0.6 is 23.2 Å². The van der Waals surface area contributed by atoms with Crippen LogP contribution in [0.4, 0.5) is 0 Å². The maximum absolute atomic E-state index is 6.08. The topological polar surface area (TPSA) is 35.2 Å². The monoisotopic (exact) mass is 259 g/mol. The number of hydrogen-bond acceptors (Lipinski definition) is 2. The zero-order chi connectivity index (χ0) is 11.6. The van der Waals surface area contributed by atoms with E-state index in [1.165, 1.54) is 6.42 Å². The second-order valence-electron chi connectivity index (χ2n) is 4.25. The molecule has 0 unspecified atom stereocenters. The molecule has 1 aliphatic carbocycles. The second-order valence-corrected chi connectivity index (χ2v) is 5.10. The number of hydrogen-bond donors (Lipinski definition) is 1. The molecule has 0 aromatic heterocycles. The fourth-order valence-electron chi connectivity index (χ4n) is 2.03. The van der Waals surface area contributed by atoms with Crippen LogP contribution in [0.5, 0.6) is 5.75 Å². The van der Waals surface area contributed by atoms with Crippen molar-refractivity contribution in [1.29, 1.82) is 0 Å². The second kappa shape index (κ2) is 4.82. The molecule has 1 saturated carbocycles. The average Bonchev–Trinajstić information content (AvgIpc) is 2.18. The van der Waals surface area contributed by atoms with Crippen molar-refractivity contribution in [3.05, 3.63) is 28.2 Å². The van der Waals surface area contributed by atoms with Gasteiger partial charge in [-0.1, -0.05) is 23.2 Å². The van der Waals surface area contributed by atoms with Crippen molar-refractivity contribution in [1.82, 2.24) is 0 Å². The summed E-state index contributed by atoms with van der Waals surface area (Å²) in [7, 11) is 0. The first-order valence-corrected chi connectivity index (χ1v) is 6.25. The number of rotatable bonds is 4. The van der Waals surface area contributed by atoms with E-state index in [-0.39, 0.29) is 5.60 Å². The zero-order valence-electron chi connectivity index (χ0n) is 9.01. The lowest BCUT2D eigenvalue weighted by molar-refractivity contribution is -0.0124. The van der Waals surface area contributed by atoms with Crippen LogP contribution in [0.15, 0.2) is 18.2 Å². The van der Waals surface area contributed by atoms with Crippen molar-refractivity contribution in [2.75, 3.05) is 6.54 Å². The van der Waals surface area contributed by atoms with E-state index in [1.54, 1.807) is 12.1 Å². The van der Waals surface area contributed by atoms with Crippen molar-refractivity contribution >= 4 is 23.2 Å². The fraction of sp³-hybridized carbons (Fsp3) is 0.500. The summed E-state index contributed by atoms with van der Waals surface area (Å²) in [6.07, 6.45) is 4.20. The normalized spacial score (nSPS) is 17.9. The van der Waals surface area contributed by atoms with E-state index >= 15 is 0 Å². The third-order valence-electron chi connectivity index (χ3n) is 3.09. The lowest BCUT2D eigenvalue weighted by atomic mass is 9.77. The Hall–Kier alpha value is -0.440. The standard InChI is InChI=1S/C12H15Cl2NO/c13-9-2-3-11(10(14)8-9)16-12(6-7-15)4-1-5-12/h2-3,8H,1,4-7,15H2. The molecule has 0 bridgehead atoms. The Morgan fingerprint density at radius 3 is 2.56 bits per heavy atom. The molecule has 1 aliphatic rings. The van der Waals surface area contributed by atoms with Crippen LogP contribution in [-0.4, -0.2) is 12.1 Å². The van der Waals surface area contributed by atoms with Crippen molar-refractivity contribution in [3.63, 3.8) is 0 Å². The minimum absolute atomic E-state index is 0.0911. The van der Waals surface area contributed by atoms with Gasteiger partial charge in [-0.05, 0) is 50.4 Å². The highest BCUT2D eigenvalue weighted by molar-refractivity contribution is 6.35. The van der Waals surface area contributed by atoms with Crippen LogP contribution in [0.1, 0.15) is 25.7 Å². The van der Waals surface area contributed by atoms with Gasteiger partial charge in [0.1, 0.15) is 11.4 Å². The van der Waals surface area contributed by atoms with E-state index in [0.717, 1.165) is 19.3 Å². The van der Waals surface area contributed by atoms with Gasteiger partial charge in [-0.25, -0.2) is 0 Å². The quantitative estimate of drug-likeness (QED) is 0.896. The molecule has 4 heteroatoms. The Balaban J connectivity index is 2.13. The summed E-state index contributed by atoms with van der Waals surface area (Å²) >= 11 is 11.9. The lowest BCUT2D eigenvalue weighted by Crippen LogP contribution is -2.44. The first-order chi connectivity index (χ1) is 7.65. The first kappa shape index (κ1) is 12.0. The van der Waals surface area contributed by atoms with E-state index in [1.807, 2.05) is 6.07 Å². The molecular weight excluding hydrogens is 245 g/mol. The van der Waals surface area contributed by atoms with Crippen LogP contribution in [0.2, 0.25) is 10.0 Å². The molecule has 2 rings (SSSR count). The predicted octanol–water partition coefficient (Wildman–Crippen LogP) is 3.64. The number of nitrogens with two attached hydrogens (primary N) is 1. The summed E-state index contributed by atoms with van der Waals surface area (Å²) < 4.78 is 5.99. The van der Waals surface area contributed by atoms with Gasteiger partial charge in [-0.3, -0.25) is 0 Å². The molecule has 0 amide bonds. The van der Waals surface area contributed by atoms with Crippen molar-refractivity contribution < 1.29 is 4.74 Å². The third-order valence-corrected chi connectivity index (χ3v) is 3.62. The Labute approximate surface area is 106 Å². The number of halogens is 2. The Kier molecular flexibility index (Phi) is 3.63. The van der Waals surface area contributed by atoms with Gasteiger partial charge in [0.2, 0.25) is 0 Å². The van der Waals surface area contributed by atoms with E-state index in [9.17, 15) is 0 Å². The third kappa shape index (κ3) is 2.45. The molecule has 0 saturated heterocycles. The summed E-state index contributed by atoms with van der Waals surface area (Å²) in [4.78, 5) is 0. The molecule has 0 atom stereocenters. The van der Waals surface area contributed by atoms with Crippen LogP contribution in [0.25, 0.3) is 0 Å². The van der Waals surface area contributed by atoms with Crippen molar-refractivity contribution in [2.45, 2.75) is 31.3 Å². The summed E-state index contributed by atoms with van der Waals surface area (Å²) in [5.74, 6) is 0.708. The fourth-order valence-corrected chi connectivity index (χ4v) is 2.48. The number of ether oxygens (including phenoxy) is 1. The summed E-state index contributed by atoms with van der Waals surface area (Å²) in [5.41, 5.74) is 5.51. The van der Waals surface area contributed by atoms with Crippen LogP contribution < -0.4 is 10.5 Å². The molecule has 1 aromatic carbocycles. The van der Waals surface area contributed by atoms with Crippen LogP contribution in [-0.2, 0) is 0 Å². The predicted molar refractivity (Wildman–Crippen MR) is 67.3 cm³/mol. The molecule has 1 fully saturated rings. The van der Waals surface area contributed by atoms with Gasteiger partial charge >= 0.3 is 0 Å². The molecule has 88 valence electrons. The summed E-state index contributed by atoms with van der Waals surface area (Å²) in [5, 5.41) is 1.19. The zero-order valence-corrected chi connectivity index (χ0v) is 10.5. The van der Waals surface area contributed by atoms with Gasteiger partial charge < -0.3 is 10.5 Å². The average molecular weight is 260 g/mol. The Bertz CT molecular complexity index is 377. The maximum atomic E-state index is 6.08. The van der Waals surface area contributed by atoms with Gasteiger partial charge in [-0.15, -0.1) is 0 Å². The molecule has 1 aromatic rings. The summed E-state index contributed by atoms with van der Waals surface area (Å²) in [6, 6.07) is 5.31. The Morgan fingerprint density at radius 2 is 2.06 bits per heavy atom. The number of benzene rings is 1. The molecule has 2 nitrogen and oxygen atoms in total. The van der Waals surface area contributed by atoms with Gasteiger partial charge in [-0.2, -0.15) is 0 Å². The van der Waals surface area contributed by atoms with Gasteiger partial charge in [0.15, 0.2) is 0 Å². The molecule has 0 aliphatic heterocycles.